The Morgan fingerprint density at radius 2 is 1.96 bits per heavy atom. The minimum Gasteiger partial charge on any atom is -0.319 e. The van der Waals surface area contributed by atoms with E-state index in [4.69, 9.17) is 0 Å². The highest BCUT2D eigenvalue weighted by atomic mass is 32.1. The maximum Gasteiger partial charge on any atom is 0.279 e. The molecule has 126 valence electrons. The normalized spacial score (nSPS) is 12.4. The third kappa shape index (κ3) is 2.38. The van der Waals surface area contributed by atoms with Crippen molar-refractivity contribution in [1.29, 1.82) is 0 Å². The maximum atomic E-state index is 12.7. The summed E-state index contributed by atoms with van der Waals surface area (Å²) in [4.78, 5) is 22.0. The summed E-state index contributed by atoms with van der Waals surface area (Å²) in [5.41, 5.74) is 4.39. The number of carbonyl (C=O) groups excluding carboxylic acids is 1. The second kappa shape index (κ2) is 5.86. The van der Waals surface area contributed by atoms with Crippen LogP contribution in [0.15, 0.2) is 65.1 Å². The lowest BCUT2D eigenvalue weighted by atomic mass is 10.1. The minimum absolute atomic E-state index is 0.230. The summed E-state index contributed by atoms with van der Waals surface area (Å²) in [6.45, 7) is 0. The molecular weight excluding hydrogens is 362 g/mol. The van der Waals surface area contributed by atoms with Crippen LogP contribution in [0.3, 0.4) is 0 Å². The van der Waals surface area contributed by atoms with Gasteiger partial charge in [-0.1, -0.05) is 41.7 Å². The summed E-state index contributed by atoms with van der Waals surface area (Å²) in [6, 6.07) is 18.0. The monoisotopic (exact) mass is 375 g/mol. The SMILES string of the molecule is Cn1c(=NC(=O)c2ccc3ncsc3c2)sc2ccc3ccccc3c21. The molecule has 0 atom stereocenters. The number of aromatic nitrogens is 2. The molecule has 0 N–H and O–H groups in total. The Morgan fingerprint density at radius 3 is 2.88 bits per heavy atom. The van der Waals surface area contributed by atoms with Gasteiger partial charge in [0.15, 0.2) is 4.80 Å². The Morgan fingerprint density at radius 1 is 1.08 bits per heavy atom. The molecule has 0 radical (unpaired) electrons. The summed E-state index contributed by atoms with van der Waals surface area (Å²) in [5, 5.41) is 2.35. The number of fused-ring (bicyclic) bond motifs is 4. The summed E-state index contributed by atoms with van der Waals surface area (Å²) in [5.74, 6) is -0.230. The van der Waals surface area contributed by atoms with Crippen molar-refractivity contribution >= 4 is 59.8 Å². The van der Waals surface area contributed by atoms with Gasteiger partial charge < -0.3 is 4.57 Å². The van der Waals surface area contributed by atoms with Crippen molar-refractivity contribution in [3.05, 3.63) is 70.5 Å². The molecule has 0 unspecified atom stereocenters. The van der Waals surface area contributed by atoms with Crippen molar-refractivity contribution in [3.8, 4) is 0 Å². The molecule has 1 amide bonds. The number of hydrogen-bond donors (Lipinski definition) is 0. The Labute approximate surface area is 156 Å². The van der Waals surface area contributed by atoms with Gasteiger partial charge in [-0.2, -0.15) is 4.99 Å². The Bertz CT molecular complexity index is 1370. The number of rotatable bonds is 1. The Kier molecular flexibility index (Phi) is 3.48. The van der Waals surface area contributed by atoms with Crippen molar-refractivity contribution in [1.82, 2.24) is 9.55 Å². The van der Waals surface area contributed by atoms with E-state index in [0.717, 1.165) is 20.4 Å². The van der Waals surface area contributed by atoms with Crippen LogP contribution in [0, 0.1) is 0 Å². The van der Waals surface area contributed by atoms with Crippen LogP contribution in [-0.2, 0) is 7.05 Å². The van der Waals surface area contributed by atoms with Gasteiger partial charge in [-0.15, -0.1) is 11.3 Å². The van der Waals surface area contributed by atoms with Crippen LogP contribution in [0.4, 0.5) is 0 Å². The minimum atomic E-state index is -0.230. The Balaban J connectivity index is 1.69. The summed E-state index contributed by atoms with van der Waals surface area (Å²) < 4.78 is 4.12. The van der Waals surface area contributed by atoms with Crippen molar-refractivity contribution in [2.24, 2.45) is 12.0 Å². The molecule has 0 spiro atoms. The van der Waals surface area contributed by atoms with E-state index in [-0.39, 0.29) is 5.91 Å². The van der Waals surface area contributed by atoms with E-state index >= 15 is 0 Å². The number of thiazole rings is 2. The molecule has 0 fully saturated rings. The van der Waals surface area contributed by atoms with Gasteiger partial charge in [0.05, 0.1) is 25.9 Å². The first-order chi connectivity index (χ1) is 12.7. The number of benzene rings is 3. The molecule has 6 heteroatoms. The molecule has 2 heterocycles. The van der Waals surface area contributed by atoms with Gasteiger partial charge in [0, 0.05) is 18.0 Å². The van der Waals surface area contributed by atoms with Gasteiger partial charge >= 0.3 is 0 Å². The second-order valence-electron chi connectivity index (χ2n) is 6.03. The highest BCUT2D eigenvalue weighted by Gasteiger charge is 2.10. The van der Waals surface area contributed by atoms with Crippen LogP contribution in [0.5, 0.6) is 0 Å². The summed E-state index contributed by atoms with van der Waals surface area (Å²) in [7, 11) is 1.96. The molecule has 4 nitrogen and oxygen atoms in total. The quantitative estimate of drug-likeness (QED) is 0.425. The molecule has 3 aromatic carbocycles. The number of aryl methyl sites for hydroxylation is 1. The van der Waals surface area contributed by atoms with Crippen LogP contribution in [-0.4, -0.2) is 15.5 Å². The third-order valence-electron chi connectivity index (χ3n) is 4.46. The van der Waals surface area contributed by atoms with Gasteiger partial charge in [-0.05, 0) is 29.7 Å². The first-order valence-electron chi connectivity index (χ1n) is 8.10. The predicted molar refractivity (Wildman–Crippen MR) is 108 cm³/mol. The molecule has 0 aliphatic rings. The van der Waals surface area contributed by atoms with Gasteiger partial charge in [0.2, 0.25) is 0 Å². The van der Waals surface area contributed by atoms with Crippen molar-refractivity contribution in [2.75, 3.05) is 0 Å². The molecule has 26 heavy (non-hydrogen) atoms. The van der Waals surface area contributed by atoms with E-state index in [1.54, 1.807) is 11.6 Å². The van der Waals surface area contributed by atoms with E-state index < -0.39 is 0 Å². The zero-order valence-corrected chi connectivity index (χ0v) is 15.5. The largest absolute Gasteiger partial charge is 0.319 e. The third-order valence-corrected chi connectivity index (χ3v) is 6.35. The average molecular weight is 375 g/mol. The highest BCUT2D eigenvalue weighted by Crippen LogP contribution is 2.26. The molecular formula is C20H13N3OS2. The molecule has 0 aliphatic heterocycles. The van der Waals surface area contributed by atoms with Gasteiger partial charge in [0.1, 0.15) is 0 Å². The number of nitrogens with zero attached hydrogens (tertiary/aromatic N) is 3. The van der Waals surface area contributed by atoms with E-state index in [2.05, 4.69) is 34.2 Å². The molecule has 0 saturated heterocycles. The molecule has 5 rings (SSSR count). The first kappa shape index (κ1) is 15.4. The topological polar surface area (TPSA) is 47.2 Å². The number of hydrogen-bond acceptors (Lipinski definition) is 4. The highest BCUT2D eigenvalue weighted by molar-refractivity contribution is 7.17. The number of amides is 1. The van der Waals surface area contributed by atoms with E-state index in [1.165, 1.54) is 33.4 Å². The van der Waals surface area contributed by atoms with E-state index in [1.807, 2.05) is 35.9 Å². The van der Waals surface area contributed by atoms with Crippen LogP contribution < -0.4 is 4.80 Å². The van der Waals surface area contributed by atoms with E-state index in [0.29, 0.717) is 10.4 Å². The maximum absolute atomic E-state index is 12.7. The first-order valence-corrected chi connectivity index (χ1v) is 9.80. The zero-order chi connectivity index (χ0) is 17.7. The predicted octanol–water partition coefficient (Wildman–Crippen LogP) is 4.74. The van der Waals surface area contributed by atoms with Crippen molar-refractivity contribution in [3.63, 3.8) is 0 Å². The summed E-state index contributed by atoms with van der Waals surface area (Å²) in [6.07, 6.45) is 0. The fourth-order valence-electron chi connectivity index (χ4n) is 3.16. The van der Waals surface area contributed by atoms with Crippen molar-refractivity contribution < 1.29 is 4.79 Å². The van der Waals surface area contributed by atoms with Gasteiger partial charge in [0.25, 0.3) is 5.91 Å². The lowest BCUT2D eigenvalue weighted by Gasteiger charge is -2.01. The lowest BCUT2D eigenvalue weighted by Crippen LogP contribution is -2.13. The molecule has 5 aromatic rings. The molecule has 0 saturated carbocycles. The van der Waals surface area contributed by atoms with E-state index in [9.17, 15) is 4.79 Å². The average Bonchev–Trinajstić information content (AvgIpc) is 3.26. The molecule has 0 bridgehead atoms. The standard InChI is InChI=1S/C20H13N3OS2/c1-23-18-14-5-3-2-4-12(14)7-9-16(18)26-20(23)22-19(24)13-6-8-15-17(10-13)25-11-21-15/h2-11H,1H3. The van der Waals surface area contributed by atoms with Crippen molar-refractivity contribution in [2.45, 2.75) is 0 Å². The summed E-state index contributed by atoms with van der Waals surface area (Å²) >= 11 is 3.06. The van der Waals surface area contributed by atoms with Gasteiger partial charge in [-0.3, -0.25) is 4.79 Å². The van der Waals surface area contributed by atoms with Crippen LogP contribution >= 0.6 is 22.7 Å². The number of carbonyl (C=O) groups is 1. The van der Waals surface area contributed by atoms with Crippen LogP contribution in [0.1, 0.15) is 10.4 Å². The fourth-order valence-corrected chi connectivity index (χ4v) is 4.91. The molecule has 0 aliphatic carbocycles. The smallest absolute Gasteiger partial charge is 0.279 e. The van der Waals surface area contributed by atoms with Gasteiger partial charge in [-0.25, -0.2) is 4.98 Å². The zero-order valence-electron chi connectivity index (χ0n) is 13.8. The second-order valence-corrected chi connectivity index (χ2v) is 7.92. The molecule has 2 aromatic heterocycles. The lowest BCUT2D eigenvalue weighted by molar-refractivity contribution is 0.0998. The van der Waals surface area contributed by atoms with Crippen LogP contribution in [0.2, 0.25) is 0 Å². The van der Waals surface area contributed by atoms with Crippen LogP contribution in [0.25, 0.3) is 31.2 Å². The Hall–Kier alpha value is -2.83. The fraction of sp³-hybridized carbons (Fsp3) is 0.0500.